The molecule has 2 aliphatic carbocycles. The summed E-state index contributed by atoms with van der Waals surface area (Å²) in [7, 11) is 0. The Balaban J connectivity index is 2.17. The van der Waals surface area contributed by atoms with Crippen molar-refractivity contribution >= 4 is 5.78 Å². The van der Waals surface area contributed by atoms with Gasteiger partial charge in [-0.15, -0.1) is 0 Å². The Morgan fingerprint density at radius 3 is 2.47 bits per heavy atom. The molecule has 0 N–H and O–H groups in total. The molecule has 0 bridgehead atoms. The van der Waals surface area contributed by atoms with E-state index in [0.717, 1.165) is 12.8 Å². The lowest BCUT2D eigenvalue weighted by atomic mass is 9.71. The van der Waals surface area contributed by atoms with Crippen LogP contribution in [0.4, 0.5) is 0 Å². The van der Waals surface area contributed by atoms with Crippen LogP contribution in [-0.2, 0) is 4.79 Å². The lowest BCUT2D eigenvalue weighted by Gasteiger charge is -2.33. The SMILES string of the molecule is CC1=CCC(C2=CCC(=O)CC2)C1(C)C. The van der Waals surface area contributed by atoms with Crippen LogP contribution in [-0.4, -0.2) is 5.78 Å². The largest absolute Gasteiger partial charge is 0.299 e. The van der Waals surface area contributed by atoms with Crippen molar-refractivity contribution in [2.75, 3.05) is 0 Å². The zero-order chi connectivity index (χ0) is 11.1. The Bertz CT molecular complexity index is 344. The maximum atomic E-state index is 11.2. The minimum atomic E-state index is 0.298. The first-order valence-corrected chi connectivity index (χ1v) is 5.89. The fraction of sp³-hybridized carbons (Fsp3) is 0.643. The van der Waals surface area contributed by atoms with Gasteiger partial charge >= 0.3 is 0 Å². The number of allylic oxidation sites excluding steroid dienone is 4. The molecule has 0 aromatic rings. The molecule has 0 amide bonds. The van der Waals surface area contributed by atoms with E-state index in [4.69, 9.17) is 0 Å². The molecule has 0 radical (unpaired) electrons. The highest BCUT2D eigenvalue weighted by Crippen LogP contribution is 2.48. The van der Waals surface area contributed by atoms with Gasteiger partial charge in [-0.1, -0.05) is 37.1 Å². The van der Waals surface area contributed by atoms with Crippen LogP contribution in [0.3, 0.4) is 0 Å². The molecule has 0 spiro atoms. The number of carbonyl (C=O) groups is 1. The van der Waals surface area contributed by atoms with Gasteiger partial charge in [0.15, 0.2) is 0 Å². The van der Waals surface area contributed by atoms with Crippen molar-refractivity contribution in [2.24, 2.45) is 11.3 Å². The summed E-state index contributed by atoms with van der Waals surface area (Å²) >= 11 is 0. The number of hydrogen-bond acceptors (Lipinski definition) is 1. The van der Waals surface area contributed by atoms with E-state index in [9.17, 15) is 4.79 Å². The summed E-state index contributed by atoms with van der Waals surface area (Å²) in [6.45, 7) is 6.88. The molecule has 82 valence electrons. The fourth-order valence-corrected chi connectivity index (χ4v) is 2.79. The Morgan fingerprint density at radius 1 is 1.27 bits per heavy atom. The van der Waals surface area contributed by atoms with E-state index < -0.39 is 0 Å². The van der Waals surface area contributed by atoms with Gasteiger partial charge in [-0.05, 0) is 31.1 Å². The first-order chi connectivity index (χ1) is 7.01. The highest BCUT2D eigenvalue weighted by Gasteiger charge is 2.37. The number of rotatable bonds is 1. The molecule has 0 aliphatic heterocycles. The molecule has 2 rings (SSSR count). The molecule has 1 heteroatoms. The van der Waals surface area contributed by atoms with Gasteiger partial charge in [-0.3, -0.25) is 4.79 Å². The molecule has 1 atom stereocenters. The molecule has 2 aliphatic rings. The fourth-order valence-electron chi connectivity index (χ4n) is 2.79. The summed E-state index contributed by atoms with van der Waals surface area (Å²) in [4.78, 5) is 11.2. The van der Waals surface area contributed by atoms with Gasteiger partial charge in [0, 0.05) is 12.8 Å². The van der Waals surface area contributed by atoms with Gasteiger partial charge in [0.05, 0.1) is 0 Å². The second kappa shape index (κ2) is 3.62. The van der Waals surface area contributed by atoms with Crippen molar-refractivity contribution in [3.63, 3.8) is 0 Å². The van der Waals surface area contributed by atoms with E-state index in [1.165, 1.54) is 17.6 Å². The molecular weight excluding hydrogens is 184 g/mol. The molecule has 15 heavy (non-hydrogen) atoms. The van der Waals surface area contributed by atoms with Crippen LogP contribution in [0.25, 0.3) is 0 Å². The second-order valence-corrected chi connectivity index (χ2v) is 5.42. The maximum absolute atomic E-state index is 11.2. The van der Waals surface area contributed by atoms with Crippen LogP contribution in [0, 0.1) is 11.3 Å². The molecule has 0 aromatic heterocycles. The van der Waals surface area contributed by atoms with E-state index in [0.29, 0.717) is 23.5 Å². The molecule has 1 unspecified atom stereocenters. The minimum absolute atomic E-state index is 0.298. The van der Waals surface area contributed by atoms with Gasteiger partial charge in [-0.25, -0.2) is 0 Å². The molecular formula is C14H20O. The van der Waals surface area contributed by atoms with Crippen molar-refractivity contribution in [1.82, 2.24) is 0 Å². The van der Waals surface area contributed by atoms with E-state index in [2.05, 4.69) is 32.9 Å². The Kier molecular flexibility index (Phi) is 2.57. The van der Waals surface area contributed by atoms with Crippen LogP contribution in [0.5, 0.6) is 0 Å². The monoisotopic (exact) mass is 204 g/mol. The van der Waals surface area contributed by atoms with Gasteiger partial charge in [0.25, 0.3) is 0 Å². The molecule has 0 fully saturated rings. The van der Waals surface area contributed by atoms with Crippen molar-refractivity contribution in [2.45, 2.75) is 46.5 Å². The van der Waals surface area contributed by atoms with Crippen LogP contribution in [0.2, 0.25) is 0 Å². The quantitative estimate of drug-likeness (QED) is 0.596. The van der Waals surface area contributed by atoms with Crippen molar-refractivity contribution in [3.05, 3.63) is 23.3 Å². The van der Waals surface area contributed by atoms with Crippen LogP contribution in [0.15, 0.2) is 23.3 Å². The van der Waals surface area contributed by atoms with Gasteiger partial charge in [-0.2, -0.15) is 0 Å². The zero-order valence-corrected chi connectivity index (χ0v) is 9.97. The average molecular weight is 204 g/mol. The number of Topliss-reactive ketones (excluding diaryl/α,β-unsaturated/α-hetero) is 1. The van der Waals surface area contributed by atoms with Crippen molar-refractivity contribution in [1.29, 1.82) is 0 Å². The van der Waals surface area contributed by atoms with E-state index in [1.54, 1.807) is 0 Å². The Morgan fingerprint density at radius 2 is 2.00 bits per heavy atom. The predicted octanol–water partition coefficient (Wildman–Crippen LogP) is 3.66. The second-order valence-electron chi connectivity index (χ2n) is 5.42. The number of carbonyl (C=O) groups excluding carboxylic acids is 1. The topological polar surface area (TPSA) is 17.1 Å². The predicted molar refractivity (Wildman–Crippen MR) is 62.6 cm³/mol. The maximum Gasteiger partial charge on any atom is 0.136 e. The van der Waals surface area contributed by atoms with Gasteiger partial charge in [0.2, 0.25) is 0 Å². The summed E-state index contributed by atoms with van der Waals surface area (Å²) in [6.07, 6.45) is 8.14. The molecule has 0 saturated heterocycles. The average Bonchev–Trinajstić information content (AvgIpc) is 2.44. The summed E-state index contributed by atoms with van der Waals surface area (Å²) in [5, 5.41) is 0. The summed E-state index contributed by atoms with van der Waals surface area (Å²) in [5.74, 6) is 1.05. The number of hydrogen-bond donors (Lipinski definition) is 0. The smallest absolute Gasteiger partial charge is 0.136 e. The van der Waals surface area contributed by atoms with Crippen LogP contribution < -0.4 is 0 Å². The van der Waals surface area contributed by atoms with E-state index in [-0.39, 0.29) is 0 Å². The first-order valence-electron chi connectivity index (χ1n) is 5.89. The Hall–Kier alpha value is -0.850. The zero-order valence-electron chi connectivity index (χ0n) is 9.97. The van der Waals surface area contributed by atoms with E-state index >= 15 is 0 Å². The van der Waals surface area contributed by atoms with Crippen LogP contribution >= 0.6 is 0 Å². The van der Waals surface area contributed by atoms with Gasteiger partial charge < -0.3 is 0 Å². The first kappa shape index (κ1) is 10.7. The van der Waals surface area contributed by atoms with Crippen molar-refractivity contribution in [3.8, 4) is 0 Å². The highest BCUT2D eigenvalue weighted by molar-refractivity contribution is 5.81. The van der Waals surface area contributed by atoms with E-state index in [1.807, 2.05) is 0 Å². The normalized spacial score (nSPS) is 30.1. The minimum Gasteiger partial charge on any atom is -0.299 e. The summed E-state index contributed by atoms with van der Waals surface area (Å²) in [5.41, 5.74) is 3.32. The van der Waals surface area contributed by atoms with Crippen molar-refractivity contribution < 1.29 is 4.79 Å². The third-order valence-corrected chi connectivity index (χ3v) is 4.28. The molecule has 1 nitrogen and oxygen atoms in total. The Labute approximate surface area is 92.3 Å². The molecule has 0 aromatic carbocycles. The lowest BCUT2D eigenvalue weighted by molar-refractivity contribution is -0.118. The summed E-state index contributed by atoms with van der Waals surface area (Å²) in [6, 6.07) is 0. The highest BCUT2D eigenvalue weighted by atomic mass is 16.1. The van der Waals surface area contributed by atoms with Crippen LogP contribution in [0.1, 0.15) is 46.5 Å². The molecule has 0 saturated carbocycles. The summed E-state index contributed by atoms with van der Waals surface area (Å²) < 4.78 is 0. The lowest BCUT2D eigenvalue weighted by Crippen LogP contribution is -2.24. The third kappa shape index (κ3) is 1.80. The number of ketones is 1. The molecule has 0 heterocycles. The third-order valence-electron chi connectivity index (χ3n) is 4.28. The van der Waals surface area contributed by atoms with Gasteiger partial charge in [0.1, 0.15) is 5.78 Å². The standard InChI is InChI=1S/C14H20O/c1-10-4-9-13(14(10,2)3)11-5-7-12(15)8-6-11/h4-5,13H,6-9H2,1-3H3.